The lowest BCUT2D eigenvalue weighted by Crippen LogP contribution is -2.58. The molecule has 1 N–H and O–H groups in total. The van der Waals surface area contributed by atoms with E-state index in [2.05, 4.69) is 55.3 Å². The first-order valence-corrected chi connectivity index (χ1v) is 11.3. The smallest absolute Gasteiger partial charge is 0.169 e. The van der Waals surface area contributed by atoms with Crippen LogP contribution in [0.25, 0.3) is 0 Å². The highest BCUT2D eigenvalue weighted by molar-refractivity contribution is 7.80. The summed E-state index contributed by atoms with van der Waals surface area (Å²) < 4.78 is 12.4. The molecular weight excluding hydrogens is 368 g/mol. The lowest BCUT2D eigenvalue weighted by Gasteiger charge is -2.45. The van der Waals surface area contributed by atoms with E-state index in [1.54, 1.807) is 0 Å². The zero-order valence-electron chi connectivity index (χ0n) is 17.7. The van der Waals surface area contributed by atoms with Gasteiger partial charge in [0.15, 0.2) is 5.79 Å². The molecule has 28 heavy (non-hydrogen) atoms. The third-order valence-corrected chi connectivity index (χ3v) is 6.33. The van der Waals surface area contributed by atoms with Crippen molar-refractivity contribution in [3.05, 3.63) is 35.4 Å². The number of ether oxygens (including phenoxy) is 2. The van der Waals surface area contributed by atoms with Crippen LogP contribution >= 0.6 is 12.2 Å². The Kier molecular flexibility index (Phi) is 7.86. The van der Waals surface area contributed by atoms with Gasteiger partial charge < -0.3 is 14.8 Å². The van der Waals surface area contributed by atoms with Crippen molar-refractivity contribution in [2.24, 2.45) is 0 Å². The highest BCUT2D eigenvalue weighted by Crippen LogP contribution is 2.35. The number of aryl methyl sites for hydroxylation is 1. The van der Waals surface area contributed by atoms with Crippen molar-refractivity contribution in [1.29, 1.82) is 0 Å². The fourth-order valence-corrected chi connectivity index (χ4v) is 4.87. The number of hydrogen-bond donors (Lipinski definition) is 1. The van der Waals surface area contributed by atoms with Crippen LogP contribution in [0.3, 0.4) is 0 Å². The van der Waals surface area contributed by atoms with Crippen LogP contribution in [0.4, 0.5) is 0 Å². The summed E-state index contributed by atoms with van der Waals surface area (Å²) in [5, 5.41) is 3.72. The molecule has 0 aromatic heterocycles. The van der Waals surface area contributed by atoms with Crippen LogP contribution in [0.2, 0.25) is 0 Å². The molecule has 156 valence electrons. The summed E-state index contributed by atoms with van der Waals surface area (Å²) in [5.74, 6) is -0.446. The molecule has 0 amide bonds. The van der Waals surface area contributed by atoms with Gasteiger partial charge >= 0.3 is 0 Å². The minimum atomic E-state index is -0.446. The van der Waals surface area contributed by atoms with Gasteiger partial charge in [-0.2, -0.15) is 0 Å². The first-order chi connectivity index (χ1) is 13.5. The molecule has 4 nitrogen and oxygen atoms in total. The van der Waals surface area contributed by atoms with Crippen LogP contribution in [0.1, 0.15) is 57.1 Å². The topological polar surface area (TPSA) is 33.7 Å². The molecule has 1 saturated heterocycles. The van der Waals surface area contributed by atoms with E-state index in [9.17, 15) is 0 Å². The van der Waals surface area contributed by atoms with Crippen LogP contribution in [0.5, 0.6) is 0 Å². The van der Waals surface area contributed by atoms with Crippen molar-refractivity contribution in [2.45, 2.75) is 77.2 Å². The van der Waals surface area contributed by atoms with Gasteiger partial charge in [-0.25, -0.2) is 0 Å². The van der Waals surface area contributed by atoms with E-state index in [1.807, 2.05) is 0 Å². The van der Waals surface area contributed by atoms with E-state index in [1.165, 1.54) is 30.6 Å². The third-order valence-electron chi connectivity index (χ3n) is 6.06. The van der Waals surface area contributed by atoms with Gasteiger partial charge in [-0.05, 0) is 58.7 Å². The normalized spacial score (nSPS) is 25.0. The second-order valence-corrected chi connectivity index (χ2v) is 8.66. The summed E-state index contributed by atoms with van der Waals surface area (Å²) in [5.41, 5.74) is 2.56. The highest BCUT2D eigenvalue weighted by Gasteiger charge is 2.43. The summed E-state index contributed by atoms with van der Waals surface area (Å²) in [4.78, 5) is 3.53. The number of rotatable bonds is 8. The maximum atomic E-state index is 6.19. The molecule has 2 unspecified atom stereocenters. The van der Waals surface area contributed by atoms with Gasteiger partial charge in [-0.15, -0.1) is 0 Å². The van der Waals surface area contributed by atoms with Crippen molar-refractivity contribution in [3.8, 4) is 0 Å². The summed E-state index contributed by atoms with van der Waals surface area (Å²) in [6.07, 6.45) is 6.17. The Bertz CT molecular complexity index is 624. The van der Waals surface area contributed by atoms with Gasteiger partial charge in [-0.1, -0.05) is 42.0 Å². The number of nitrogens with zero attached hydrogens (tertiary/aromatic N) is 1. The molecule has 1 aliphatic carbocycles. The van der Waals surface area contributed by atoms with E-state index in [-0.39, 0.29) is 0 Å². The molecule has 0 bridgehead atoms. The number of nitrogens with one attached hydrogen (secondary N) is 1. The van der Waals surface area contributed by atoms with E-state index in [0.717, 1.165) is 37.1 Å². The van der Waals surface area contributed by atoms with Gasteiger partial charge in [0.1, 0.15) is 0 Å². The minimum absolute atomic E-state index is 0.362. The maximum absolute atomic E-state index is 6.19. The van der Waals surface area contributed by atoms with Crippen LogP contribution in [-0.4, -0.2) is 54.1 Å². The predicted octanol–water partition coefficient (Wildman–Crippen LogP) is 4.24. The van der Waals surface area contributed by atoms with Gasteiger partial charge in [-0.3, -0.25) is 4.90 Å². The van der Waals surface area contributed by atoms with Crippen LogP contribution in [0, 0.1) is 6.92 Å². The first-order valence-electron chi connectivity index (χ1n) is 10.9. The third kappa shape index (κ3) is 5.53. The quantitative estimate of drug-likeness (QED) is 0.398. The van der Waals surface area contributed by atoms with E-state index < -0.39 is 5.79 Å². The summed E-state index contributed by atoms with van der Waals surface area (Å²) in [7, 11) is 0. The zero-order chi connectivity index (χ0) is 20.0. The molecule has 1 aromatic carbocycles. The molecule has 5 heteroatoms. The number of likely N-dealkylation sites (tertiary alicyclic amines) is 1. The molecule has 2 fully saturated rings. The standard InChI is InChI=1S/C23H36N2O2S/c1-4-26-23(27-5-2)13-6-8-20(21(17-23)25-14-7-15-25)24-22(28)16-19-11-9-18(3)10-12-19/h9-12,20-21H,4-8,13-17H2,1-3H3,(H,24,28). The van der Waals surface area contributed by atoms with Crippen molar-refractivity contribution in [3.63, 3.8) is 0 Å². The summed E-state index contributed by atoms with van der Waals surface area (Å²) in [6.45, 7) is 9.97. The highest BCUT2D eigenvalue weighted by atomic mass is 32.1. The van der Waals surface area contributed by atoms with Gasteiger partial charge in [0.25, 0.3) is 0 Å². The summed E-state index contributed by atoms with van der Waals surface area (Å²) in [6, 6.07) is 9.44. The second-order valence-electron chi connectivity index (χ2n) is 8.17. The van der Waals surface area contributed by atoms with Crippen LogP contribution in [-0.2, 0) is 15.9 Å². The Morgan fingerprint density at radius 3 is 2.39 bits per heavy atom. The molecule has 3 rings (SSSR count). The zero-order valence-corrected chi connectivity index (χ0v) is 18.5. The van der Waals surface area contributed by atoms with Gasteiger partial charge in [0.2, 0.25) is 0 Å². The second kappa shape index (κ2) is 10.1. The molecule has 1 heterocycles. The Balaban J connectivity index is 1.69. The average molecular weight is 405 g/mol. The lowest BCUT2D eigenvalue weighted by molar-refractivity contribution is -0.246. The Hall–Kier alpha value is -1.01. The van der Waals surface area contributed by atoms with E-state index in [4.69, 9.17) is 21.7 Å². The molecule has 0 radical (unpaired) electrons. The van der Waals surface area contributed by atoms with Crippen molar-refractivity contribution in [2.75, 3.05) is 26.3 Å². The average Bonchev–Trinajstić information content (AvgIpc) is 2.77. The fraction of sp³-hybridized carbons (Fsp3) is 0.696. The molecular formula is C23H36N2O2S. The Morgan fingerprint density at radius 1 is 1.14 bits per heavy atom. The molecule has 2 atom stereocenters. The maximum Gasteiger partial charge on any atom is 0.169 e. The van der Waals surface area contributed by atoms with Crippen LogP contribution < -0.4 is 5.32 Å². The molecule has 1 aromatic rings. The molecule has 2 aliphatic rings. The van der Waals surface area contributed by atoms with Crippen molar-refractivity contribution >= 4 is 17.2 Å². The number of thiocarbonyl (C=S) groups is 1. The molecule has 1 saturated carbocycles. The molecule has 0 spiro atoms. The first kappa shape index (κ1) is 21.7. The van der Waals surface area contributed by atoms with Gasteiger partial charge in [0, 0.05) is 44.6 Å². The largest absolute Gasteiger partial charge is 0.375 e. The monoisotopic (exact) mass is 404 g/mol. The van der Waals surface area contributed by atoms with Crippen molar-refractivity contribution < 1.29 is 9.47 Å². The van der Waals surface area contributed by atoms with Crippen LogP contribution in [0.15, 0.2) is 24.3 Å². The number of hydrogen-bond acceptors (Lipinski definition) is 4. The minimum Gasteiger partial charge on any atom is -0.375 e. The fourth-order valence-electron chi connectivity index (χ4n) is 4.55. The van der Waals surface area contributed by atoms with E-state index in [0.29, 0.717) is 25.3 Å². The Labute approximate surface area is 176 Å². The SMILES string of the molecule is CCOC1(OCC)CCCC(NC(=S)Cc2ccc(C)cc2)C(N2CCC2)C1. The molecule has 1 aliphatic heterocycles. The van der Waals surface area contributed by atoms with E-state index >= 15 is 0 Å². The van der Waals surface area contributed by atoms with Gasteiger partial charge in [0.05, 0.1) is 4.99 Å². The van der Waals surface area contributed by atoms with Crippen molar-refractivity contribution in [1.82, 2.24) is 10.2 Å². The number of benzene rings is 1. The Morgan fingerprint density at radius 2 is 1.82 bits per heavy atom. The summed E-state index contributed by atoms with van der Waals surface area (Å²) >= 11 is 5.76. The predicted molar refractivity (Wildman–Crippen MR) is 119 cm³/mol. The lowest BCUT2D eigenvalue weighted by atomic mass is 9.95.